The molecular weight excluding hydrogens is 306 g/mol. The Kier molecular flexibility index (Phi) is 5.38. The Hall–Kier alpha value is -0.430. The number of nitrogens with zero attached hydrogens (tertiary/aromatic N) is 3. The molecule has 1 fully saturated rings. The lowest BCUT2D eigenvalue weighted by atomic mass is 9.80. The van der Waals surface area contributed by atoms with Gasteiger partial charge in [-0.25, -0.2) is 0 Å². The van der Waals surface area contributed by atoms with Gasteiger partial charge in [-0.1, -0.05) is 19.3 Å². The minimum absolute atomic E-state index is 0.185. The van der Waals surface area contributed by atoms with E-state index in [1.54, 1.807) is 0 Å². The number of nitrogens with one attached hydrogen (secondary N) is 1. The first-order valence-corrected chi connectivity index (χ1v) is 7.73. The van der Waals surface area contributed by atoms with E-state index in [9.17, 15) is 0 Å². The summed E-state index contributed by atoms with van der Waals surface area (Å²) in [7, 11) is 4.15. The second kappa shape index (κ2) is 6.83. The van der Waals surface area contributed by atoms with Crippen LogP contribution in [-0.2, 0) is 6.54 Å². The topological polar surface area (TPSA) is 59.1 Å². The zero-order valence-electron chi connectivity index (χ0n) is 11.8. The maximum atomic E-state index is 5.76. The molecular formula is C13H24BrN5. The number of rotatable bonds is 7. The van der Waals surface area contributed by atoms with E-state index >= 15 is 0 Å². The van der Waals surface area contributed by atoms with E-state index in [0.29, 0.717) is 0 Å². The highest BCUT2D eigenvalue weighted by Gasteiger charge is 2.26. The maximum Gasteiger partial charge on any atom is 0.0709 e. The van der Waals surface area contributed by atoms with Gasteiger partial charge in [0, 0.05) is 6.54 Å². The van der Waals surface area contributed by atoms with Crippen molar-refractivity contribution in [3.8, 4) is 0 Å². The van der Waals surface area contributed by atoms with Gasteiger partial charge in [0.05, 0.1) is 29.0 Å². The van der Waals surface area contributed by atoms with Crippen molar-refractivity contribution in [1.82, 2.24) is 20.1 Å². The monoisotopic (exact) mass is 329 g/mol. The smallest absolute Gasteiger partial charge is 0.0709 e. The second-order valence-corrected chi connectivity index (χ2v) is 6.51. The Morgan fingerprint density at radius 3 is 2.84 bits per heavy atom. The lowest BCUT2D eigenvalue weighted by molar-refractivity contribution is 0.254. The number of likely N-dealkylation sites (N-methyl/N-ethyl adjacent to an activating group) is 1. The van der Waals surface area contributed by atoms with Crippen LogP contribution in [0.2, 0.25) is 0 Å². The van der Waals surface area contributed by atoms with Crippen molar-refractivity contribution in [1.29, 1.82) is 0 Å². The zero-order chi connectivity index (χ0) is 13.8. The van der Waals surface area contributed by atoms with Crippen LogP contribution >= 0.6 is 15.9 Å². The molecule has 19 heavy (non-hydrogen) atoms. The molecule has 3 N–H and O–H groups in total. The zero-order valence-corrected chi connectivity index (χ0v) is 13.4. The Morgan fingerprint density at radius 1 is 1.58 bits per heavy atom. The van der Waals surface area contributed by atoms with Crippen LogP contribution in [-0.4, -0.2) is 35.3 Å². The van der Waals surface area contributed by atoms with Crippen molar-refractivity contribution in [3.05, 3.63) is 16.4 Å². The highest BCUT2D eigenvalue weighted by atomic mass is 79.9. The SMILES string of the molecule is CN(C)CCn1ncc(Br)c1C(CC1CCC1)NN. The molecule has 5 nitrogen and oxygen atoms in total. The quantitative estimate of drug-likeness (QED) is 0.592. The fourth-order valence-corrected chi connectivity index (χ4v) is 3.08. The number of aromatic nitrogens is 2. The van der Waals surface area contributed by atoms with Gasteiger partial charge in [0.25, 0.3) is 0 Å². The van der Waals surface area contributed by atoms with E-state index in [2.05, 4.69) is 50.1 Å². The van der Waals surface area contributed by atoms with Crippen molar-refractivity contribution in [3.63, 3.8) is 0 Å². The summed E-state index contributed by atoms with van der Waals surface area (Å²) in [6.07, 6.45) is 7.01. The molecule has 6 heteroatoms. The highest BCUT2D eigenvalue weighted by molar-refractivity contribution is 9.10. The lowest BCUT2D eigenvalue weighted by Crippen LogP contribution is -2.33. The summed E-state index contributed by atoms with van der Waals surface area (Å²) < 4.78 is 3.11. The first kappa shape index (κ1) is 15.0. The van der Waals surface area contributed by atoms with E-state index < -0.39 is 0 Å². The first-order valence-electron chi connectivity index (χ1n) is 6.94. The number of hydrogen-bond acceptors (Lipinski definition) is 4. The van der Waals surface area contributed by atoms with Crippen molar-refractivity contribution < 1.29 is 0 Å². The van der Waals surface area contributed by atoms with E-state index in [1.165, 1.54) is 25.0 Å². The summed E-state index contributed by atoms with van der Waals surface area (Å²) in [5, 5.41) is 4.46. The van der Waals surface area contributed by atoms with Gasteiger partial charge in [0.1, 0.15) is 0 Å². The number of nitrogens with two attached hydrogens (primary N) is 1. The summed E-state index contributed by atoms with van der Waals surface area (Å²) in [4.78, 5) is 2.16. The molecule has 0 saturated heterocycles. The van der Waals surface area contributed by atoms with Crippen molar-refractivity contribution in [2.24, 2.45) is 11.8 Å². The van der Waals surface area contributed by atoms with E-state index in [1.807, 2.05) is 6.20 Å². The van der Waals surface area contributed by atoms with Crippen LogP contribution in [0.15, 0.2) is 10.7 Å². The van der Waals surface area contributed by atoms with Crippen LogP contribution in [0.25, 0.3) is 0 Å². The summed E-state index contributed by atoms with van der Waals surface area (Å²) in [6, 6.07) is 0.185. The standard InChI is InChI=1S/C13H24BrN5/c1-18(2)6-7-19-13(11(14)9-16-19)12(17-15)8-10-4-3-5-10/h9-10,12,17H,3-8,15H2,1-2H3. The molecule has 1 unspecified atom stereocenters. The molecule has 1 aliphatic rings. The molecule has 0 bridgehead atoms. The predicted molar refractivity (Wildman–Crippen MR) is 80.5 cm³/mol. The van der Waals surface area contributed by atoms with E-state index in [4.69, 9.17) is 5.84 Å². The molecule has 1 aliphatic carbocycles. The number of hydrazine groups is 1. The Balaban J connectivity index is 2.08. The molecule has 1 aromatic heterocycles. The van der Waals surface area contributed by atoms with Gasteiger partial charge in [-0.15, -0.1) is 0 Å². The molecule has 1 heterocycles. The normalized spacial score (nSPS) is 17.7. The maximum absolute atomic E-state index is 5.76. The predicted octanol–water partition coefficient (Wildman–Crippen LogP) is 1.90. The van der Waals surface area contributed by atoms with Gasteiger partial charge in [-0.2, -0.15) is 5.10 Å². The van der Waals surface area contributed by atoms with Gasteiger partial charge in [0.2, 0.25) is 0 Å². The second-order valence-electron chi connectivity index (χ2n) is 5.66. The van der Waals surface area contributed by atoms with Gasteiger partial charge in [-0.05, 0) is 42.4 Å². The highest BCUT2D eigenvalue weighted by Crippen LogP contribution is 2.36. The van der Waals surface area contributed by atoms with Gasteiger partial charge < -0.3 is 4.90 Å². The molecule has 0 aromatic carbocycles. The average molecular weight is 330 g/mol. The van der Waals surface area contributed by atoms with Crippen LogP contribution in [0.4, 0.5) is 0 Å². The summed E-state index contributed by atoms with van der Waals surface area (Å²) in [6.45, 7) is 1.86. The van der Waals surface area contributed by atoms with Crippen molar-refractivity contribution in [2.45, 2.75) is 38.3 Å². The molecule has 0 spiro atoms. The lowest BCUT2D eigenvalue weighted by Gasteiger charge is -2.30. The van der Waals surface area contributed by atoms with Crippen molar-refractivity contribution >= 4 is 15.9 Å². The first-order chi connectivity index (χ1) is 9.11. The fraction of sp³-hybridized carbons (Fsp3) is 0.769. The third-order valence-corrected chi connectivity index (χ3v) is 4.53. The molecule has 2 rings (SSSR count). The molecule has 1 saturated carbocycles. The van der Waals surface area contributed by atoms with Crippen molar-refractivity contribution in [2.75, 3.05) is 20.6 Å². The van der Waals surface area contributed by atoms with Crippen LogP contribution in [0.1, 0.15) is 37.4 Å². The Labute approximate surface area is 123 Å². The minimum atomic E-state index is 0.185. The third kappa shape index (κ3) is 3.78. The number of halogens is 1. The van der Waals surface area contributed by atoms with Crippen LogP contribution in [0.5, 0.6) is 0 Å². The third-order valence-electron chi connectivity index (χ3n) is 3.92. The molecule has 0 aliphatic heterocycles. The largest absolute Gasteiger partial charge is 0.308 e. The molecule has 0 amide bonds. The van der Waals surface area contributed by atoms with E-state index in [0.717, 1.165) is 29.9 Å². The van der Waals surface area contributed by atoms with E-state index in [-0.39, 0.29) is 6.04 Å². The minimum Gasteiger partial charge on any atom is -0.308 e. The Bertz CT molecular complexity index is 400. The van der Waals surface area contributed by atoms with Crippen LogP contribution in [0.3, 0.4) is 0 Å². The number of hydrogen-bond donors (Lipinski definition) is 2. The molecule has 1 atom stereocenters. The average Bonchev–Trinajstić information content (AvgIpc) is 2.67. The summed E-state index contributed by atoms with van der Waals surface area (Å²) in [5.74, 6) is 6.57. The van der Waals surface area contributed by atoms with Gasteiger partial charge in [-0.3, -0.25) is 16.0 Å². The van der Waals surface area contributed by atoms with Crippen LogP contribution < -0.4 is 11.3 Å². The van der Waals surface area contributed by atoms with Crippen LogP contribution in [0, 0.1) is 5.92 Å². The molecule has 1 aromatic rings. The summed E-state index contributed by atoms with van der Waals surface area (Å²) in [5.41, 5.74) is 4.15. The molecule has 108 valence electrons. The fourth-order valence-electron chi connectivity index (χ4n) is 2.51. The summed E-state index contributed by atoms with van der Waals surface area (Å²) >= 11 is 3.60. The van der Waals surface area contributed by atoms with Gasteiger partial charge >= 0.3 is 0 Å². The molecule has 0 radical (unpaired) electrons. The Morgan fingerprint density at radius 2 is 2.32 bits per heavy atom. The van der Waals surface area contributed by atoms with Gasteiger partial charge in [0.15, 0.2) is 0 Å².